The number of aliphatic hydroxyl groups excluding tert-OH is 1. The average molecular weight is 773 g/mol. The Kier molecular flexibility index (Phi) is 32.7. The lowest BCUT2D eigenvalue weighted by atomic mass is 10.0. The molecule has 0 aromatic heterocycles. The molecule has 2 rings (SSSR count). The second-order valence-corrected chi connectivity index (χ2v) is 15.9. The molecule has 56 heavy (non-hydrogen) atoms. The molecule has 0 amide bonds. The lowest BCUT2D eigenvalue weighted by molar-refractivity contribution is -0.146. The summed E-state index contributed by atoms with van der Waals surface area (Å²) in [5, 5.41) is 10.4. The lowest BCUT2D eigenvalue weighted by Gasteiger charge is -2.10. The maximum Gasteiger partial charge on any atom is 0.306 e. The van der Waals surface area contributed by atoms with Crippen molar-refractivity contribution in [1.82, 2.24) is 0 Å². The van der Waals surface area contributed by atoms with Crippen molar-refractivity contribution in [2.24, 2.45) is 0 Å². The van der Waals surface area contributed by atoms with Crippen molar-refractivity contribution >= 4 is 11.9 Å². The minimum absolute atomic E-state index is 0.0841. The maximum absolute atomic E-state index is 11.9. The molecular weight excluding hydrogens is 693 g/mol. The molecule has 5 nitrogen and oxygen atoms in total. The average Bonchev–Trinajstić information content (AvgIpc) is 3.22. The molecule has 0 spiro atoms. The van der Waals surface area contributed by atoms with Gasteiger partial charge in [0.15, 0.2) is 0 Å². The number of esters is 2. The number of hydrogen-bond donors (Lipinski definition) is 1. The number of carbonyl (C=O) groups is 2. The molecule has 314 valence electrons. The van der Waals surface area contributed by atoms with Crippen LogP contribution in [0.1, 0.15) is 204 Å². The smallest absolute Gasteiger partial charge is 0.306 e. The van der Waals surface area contributed by atoms with Crippen LogP contribution in [0.3, 0.4) is 0 Å². The number of carbonyl (C=O) groups excluding carboxylic acids is 2. The van der Waals surface area contributed by atoms with Gasteiger partial charge in [-0.1, -0.05) is 188 Å². The van der Waals surface area contributed by atoms with Crippen LogP contribution >= 0.6 is 0 Å². The van der Waals surface area contributed by atoms with Crippen LogP contribution in [0.15, 0.2) is 85.0 Å². The molecule has 0 fully saturated rings. The van der Waals surface area contributed by atoms with Crippen molar-refractivity contribution < 1.29 is 24.2 Å². The minimum Gasteiger partial charge on any atom is -0.461 e. The molecule has 0 unspecified atom stereocenters. The first-order valence-corrected chi connectivity index (χ1v) is 23.0. The Labute approximate surface area is 343 Å². The van der Waals surface area contributed by atoms with E-state index in [0.717, 1.165) is 49.7 Å². The summed E-state index contributed by atoms with van der Waals surface area (Å²) < 4.78 is 10.7. The lowest BCUT2D eigenvalue weighted by Crippen LogP contribution is -2.05. The van der Waals surface area contributed by atoms with Crippen molar-refractivity contribution in [2.45, 2.75) is 212 Å². The molecule has 1 N–H and O–H groups in total. The molecule has 0 radical (unpaired) electrons. The molecule has 2 aromatic carbocycles. The molecule has 0 saturated carbocycles. The molecule has 0 aliphatic carbocycles. The number of benzene rings is 2. The summed E-state index contributed by atoms with van der Waals surface area (Å²) in [4.78, 5) is 23.8. The van der Waals surface area contributed by atoms with E-state index >= 15 is 0 Å². The summed E-state index contributed by atoms with van der Waals surface area (Å²) >= 11 is 0. The highest BCUT2D eigenvalue weighted by atomic mass is 16.5. The summed E-state index contributed by atoms with van der Waals surface area (Å²) in [6, 6.07) is 19.7. The number of aliphatic hydroxyl groups is 1. The van der Waals surface area contributed by atoms with E-state index in [-0.39, 0.29) is 18.0 Å². The zero-order valence-corrected chi connectivity index (χ0v) is 35.4. The van der Waals surface area contributed by atoms with Crippen molar-refractivity contribution in [3.8, 4) is 0 Å². The van der Waals surface area contributed by atoms with Gasteiger partial charge in [0.1, 0.15) is 13.2 Å². The summed E-state index contributed by atoms with van der Waals surface area (Å²) in [5.74, 6) is -0.168. The van der Waals surface area contributed by atoms with Gasteiger partial charge in [0.25, 0.3) is 0 Å². The second kappa shape index (κ2) is 37.4. The van der Waals surface area contributed by atoms with E-state index < -0.39 is 0 Å². The second-order valence-electron chi connectivity index (χ2n) is 15.9. The van der Waals surface area contributed by atoms with Gasteiger partial charge in [0.05, 0.1) is 6.10 Å². The molecule has 0 heterocycles. The van der Waals surface area contributed by atoms with Crippen LogP contribution in [0, 0.1) is 0 Å². The van der Waals surface area contributed by atoms with Crippen LogP contribution < -0.4 is 0 Å². The Morgan fingerprint density at radius 2 is 0.696 bits per heavy atom. The molecular formula is C51H80O5. The molecule has 0 bridgehead atoms. The number of unbranched alkanes of at least 4 members (excludes halogenated alkanes) is 22. The SMILES string of the molecule is O=C(CCCCCCC/C=C\CCCCCCCCC(O)CCCCCCCC/C=C\CCCCCCCC(=O)OCc1ccccc1)OCc1ccccc1. The fourth-order valence-electron chi connectivity index (χ4n) is 7.06. The predicted octanol–water partition coefficient (Wildman–Crippen LogP) is 14.6. The number of ether oxygens (including phenoxy) is 2. The third-order valence-electron chi connectivity index (χ3n) is 10.6. The van der Waals surface area contributed by atoms with E-state index in [0.29, 0.717) is 26.1 Å². The van der Waals surface area contributed by atoms with Crippen molar-refractivity contribution in [2.75, 3.05) is 0 Å². The van der Waals surface area contributed by atoms with Gasteiger partial charge in [-0.2, -0.15) is 0 Å². The Balaban J connectivity index is 1.20. The van der Waals surface area contributed by atoms with E-state index in [4.69, 9.17) is 9.47 Å². The molecule has 0 atom stereocenters. The van der Waals surface area contributed by atoms with Crippen LogP contribution in [0.25, 0.3) is 0 Å². The molecule has 2 aromatic rings. The van der Waals surface area contributed by atoms with Crippen LogP contribution in [0.4, 0.5) is 0 Å². The van der Waals surface area contributed by atoms with E-state index in [1.165, 1.54) is 141 Å². The van der Waals surface area contributed by atoms with E-state index in [1.807, 2.05) is 60.7 Å². The Morgan fingerprint density at radius 3 is 1.04 bits per heavy atom. The first-order valence-electron chi connectivity index (χ1n) is 23.0. The van der Waals surface area contributed by atoms with E-state index in [1.54, 1.807) is 0 Å². The zero-order chi connectivity index (χ0) is 39.8. The van der Waals surface area contributed by atoms with Gasteiger partial charge in [-0.05, 0) is 88.2 Å². The van der Waals surface area contributed by atoms with Gasteiger partial charge in [-0.15, -0.1) is 0 Å². The third-order valence-corrected chi connectivity index (χ3v) is 10.6. The molecule has 0 saturated heterocycles. The van der Waals surface area contributed by atoms with Crippen molar-refractivity contribution in [3.63, 3.8) is 0 Å². The highest BCUT2D eigenvalue weighted by molar-refractivity contribution is 5.69. The van der Waals surface area contributed by atoms with Crippen LogP contribution in [0.2, 0.25) is 0 Å². The largest absolute Gasteiger partial charge is 0.461 e. The van der Waals surface area contributed by atoms with Gasteiger partial charge in [-0.3, -0.25) is 9.59 Å². The first-order chi connectivity index (χ1) is 27.6. The number of rotatable bonds is 38. The summed E-state index contributed by atoms with van der Waals surface area (Å²) in [7, 11) is 0. The predicted molar refractivity (Wildman–Crippen MR) is 235 cm³/mol. The number of allylic oxidation sites excluding steroid dienone is 4. The van der Waals surface area contributed by atoms with Gasteiger partial charge in [-0.25, -0.2) is 0 Å². The Morgan fingerprint density at radius 1 is 0.411 bits per heavy atom. The van der Waals surface area contributed by atoms with Crippen LogP contribution in [-0.2, 0) is 32.3 Å². The van der Waals surface area contributed by atoms with Crippen LogP contribution in [0.5, 0.6) is 0 Å². The Hall–Kier alpha value is -3.18. The fraction of sp³-hybridized carbons (Fsp3) is 0.647. The quantitative estimate of drug-likeness (QED) is 0.0418. The first kappa shape index (κ1) is 49.0. The van der Waals surface area contributed by atoms with Gasteiger partial charge in [0, 0.05) is 12.8 Å². The summed E-state index contributed by atoms with van der Waals surface area (Å²) in [6.45, 7) is 0.757. The normalized spacial score (nSPS) is 11.6. The Bertz CT molecular complexity index is 1130. The summed E-state index contributed by atoms with van der Waals surface area (Å²) in [6.07, 6.45) is 43.8. The maximum atomic E-state index is 11.9. The fourth-order valence-corrected chi connectivity index (χ4v) is 7.06. The van der Waals surface area contributed by atoms with Gasteiger partial charge >= 0.3 is 11.9 Å². The van der Waals surface area contributed by atoms with Gasteiger partial charge in [0.2, 0.25) is 0 Å². The van der Waals surface area contributed by atoms with E-state index in [2.05, 4.69) is 24.3 Å². The topological polar surface area (TPSA) is 72.8 Å². The highest BCUT2D eigenvalue weighted by Gasteiger charge is 2.06. The van der Waals surface area contributed by atoms with Crippen LogP contribution in [-0.4, -0.2) is 23.1 Å². The summed E-state index contributed by atoms with van der Waals surface area (Å²) in [5.41, 5.74) is 2.08. The van der Waals surface area contributed by atoms with E-state index in [9.17, 15) is 14.7 Å². The van der Waals surface area contributed by atoms with Gasteiger partial charge < -0.3 is 14.6 Å². The minimum atomic E-state index is -0.104. The zero-order valence-electron chi connectivity index (χ0n) is 35.4. The molecule has 0 aliphatic heterocycles. The van der Waals surface area contributed by atoms with Crippen molar-refractivity contribution in [1.29, 1.82) is 0 Å². The molecule has 0 aliphatic rings. The standard InChI is InChI=1S/C51H80O5/c52-49(41-33-23-19-15-11-7-3-1-5-9-13-17-21-25-35-43-50(53)55-45-47-37-29-27-30-38-47)42-34-24-20-16-12-8-4-2-6-10-14-18-22-26-36-44-51(54)56-46-48-39-31-28-32-40-48/h1-2,5-6,27-32,37-40,49,52H,3-4,7-26,33-36,41-46H2/b5-1-,6-2-. The monoisotopic (exact) mass is 773 g/mol. The molecule has 5 heteroatoms. The third kappa shape index (κ3) is 32.0. The highest BCUT2D eigenvalue weighted by Crippen LogP contribution is 2.16. The van der Waals surface area contributed by atoms with Crippen molar-refractivity contribution in [3.05, 3.63) is 96.1 Å². The number of hydrogen-bond acceptors (Lipinski definition) is 5.